The molecule has 1 aliphatic heterocycles. The molecule has 0 spiro atoms. The van der Waals surface area contributed by atoms with E-state index in [9.17, 15) is 0 Å². The third kappa shape index (κ3) is 3.44. The molecule has 1 fully saturated rings. The number of nitrogens with zero attached hydrogens (tertiary/aromatic N) is 3. The van der Waals surface area contributed by atoms with Gasteiger partial charge in [0.2, 0.25) is 5.88 Å². The van der Waals surface area contributed by atoms with E-state index in [1.807, 2.05) is 60.7 Å². The minimum atomic E-state index is 0.613. The Kier molecular flexibility index (Phi) is 4.94. The predicted molar refractivity (Wildman–Crippen MR) is 112 cm³/mol. The highest BCUT2D eigenvalue weighted by Crippen LogP contribution is 2.41. The number of hydrogen-bond donors (Lipinski definition) is 0. The molecule has 30 heavy (non-hydrogen) atoms. The molecular formula is C23H21N3O4. The predicted octanol–water partition coefficient (Wildman–Crippen LogP) is 4.51. The van der Waals surface area contributed by atoms with Gasteiger partial charge in [-0.2, -0.15) is 0 Å². The lowest BCUT2D eigenvalue weighted by molar-refractivity contribution is 0.120. The van der Waals surface area contributed by atoms with Crippen molar-refractivity contribution in [1.82, 2.24) is 10.3 Å². The second-order valence-electron chi connectivity index (χ2n) is 6.98. The number of rotatable bonds is 5. The van der Waals surface area contributed by atoms with E-state index in [1.165, 1.54) is 0 Å². The first-order valence-corrected chi connectivity index (χ1v) is 9.83. The highest BCUT2D eigenvalue weighted by atomic mass is 16.5. The fraction of sp³-hybridized carbons (Fsp3) is 0.217. The van der Waals surface area contributed by atoms with Gasteiger partial charge in [-0.1, -0.05) is 40.6 Å². The Balaban J connectivity index is 1.58. The van der Waals surface area contributed by atoms with Gasteiger partial charge in [0.1, 0.15) is 22.7 Å². The molecule has 0 radical (unpaired) electrons. The molecule has 0 amide bonds. The maximum absolute atomic E-state index is 5.81. The number of hydrogen-bond acceptors (Lipinski definition) is 7. The van der Waals surface area contributed by atoms with Crippen molar-refractivity contribution in [1.29, 1.82) is 0 Å². The van der Waals surface area contributed by atoms with Crippen molar-refractivity contribution in [2.45, 2.75) is 0 Å². The van der Waals surface area contributed by atoms with Gasteiger partial charge in [0.15, 0.2) is 5.76 Å². The lowest BCUT2D eigenvalue weighted by Gasteiger charge is -2.26. The lowest BCUT2D eigenvalue weighted by Crippen LogP contribution is -2.36. The van der Waals surface area contributed by atoms with E-state index in [0.29, 0.717) is 24.9 Å². The zero-order chi connectivity index (χ0) is 20.3. The Morgan fingerprint density at radius 2 is 1.63 bits per heavy atom. The molecule has 0 bridgehead atoms. The smallest absolute Gasteiger partial charge is 0.239 e. The van der Waals surface area contributed by atoms with Crippen molar-refractivity contribution >= 4 is 5.88 Å². The van der Waals surface area contributed by atoms with Crippen molar-refractivity contribution in [3.8, 4) is 39.6 Å². The van der Waals surface area contributed by atoms with Gasteiger partial charge >= 0.3 is 0 Å². The number of benzene rings is 2. The van der Waals surface area contributed by atoms with Crippen LogP contribution in [0.15, 0.2) is 69.7 Å². The van der Waals surface area contributed by atoms with Crippen LogP contribution < -0.4 is 9.64 Å². The zero-order valence-corrected chi connectivity index (χ0v) is 16.6. The molecule has 7 heteroatoms. The summed E-state index contributed by atoms with van der Waals surface area (Å²) in [5.74, 6) is 2.08. The van der Waals surface area contributed by atoms with Crippen LogP contribution in [0.2, 0.25) is 0 Å². The first-order chi connectivity index (χ1) is 14.8. The summed E-state index contributed by atoms with van der Waals surface area (Å²) in [6, 6.07) is 19.6. The van der Waals surface area contributed by atoms with E-state index in [-0.39, 0.29) is 0 Å². The Morgan fingerprint density at radius 1 is 0.867 bits per heavy atom. The average Bonchev–Trinajstić information content (AvgIpc) is 3.48. The fourth-order valence-electron chi connectivity index (χ4n) is 3.57. The molecule has 0 unspecified atom stereocenters. The Hall–Kier alpha value is -3.58. The molecule has 152 valence electrons. The number of anilines is 1. The molecule has 2 aromatic heterocycles. The van der Waals surface area contributed by atoms with Crippen LogP contribution in [0.3, 0.4) is 0 Å². The quantitative estimate of drug-likeness (QED) is 0.485. The number of ether oxygens (including phenoxy) is 2. The van der Waals surface area contributed by atoms with Crippen LogP contribution in [0.5, 0.6) is 5.75 Å². The third-order valence-electron chi connectivity index (χ3n) is 5.16. The van der Waals surface area contributed by atoms with Gasteiger partial charge in [0, 0.05) is 30.3 Å². The maximum Gasteiger partial charge on any atom is 0.239 e. The number of morpholine rings is 1. The van der Waals surface area contributed by atoms with Gasteiger partial charge in [-0.05, 0) is 24.3 Å². The summed E-state index contributed by atoms with van der Waals surface area (Å²) >= 11 is 0. The normalized spacial score (nSPS) is 14.1. The standard InChI is InChI=1S/C23H21N3O4/c1-27-18-9-7-16(8-10-18)19-15-20(29-24-19)21-22(17-5-3-2-4-6-17)25-30-23(21)26-11-13-28-14-12-26/h2-10,15H,11-14H2,1H3. The van der Waals surface area contributed by atoms with Crippen LogP contribution in [-0.2, 0) is 4.74 Å². The molecule has 5 rings (SSSR count). The Morgan fingerprint density at radius 3 is 2.37 bits per heavy atom. The summed E-state index contributed by atoms with van der Waals surface area (Å²) in [5.41, 5.74) is 4.17. The van der Waals surface area contributed by atoms with Gasteiger partial charge in [-0.25, -0.2) is 0 Å². The fourth-order valence-corrected chi connectivity index (χ4v) is 3.57. The SMILES string of the molecule is COc1ccc(-c2cc(-c3c(-c4ccccc4)noc3N3CCOCC3)on2)cc1. The average molecular weight is 403 g/mol. The molecule has 2 aromatic carbocycles. The van der Waals surface area contributed by atoms with Crippen LogP contribution in [0, 0.1) is 0 Å². The molecule has 0 saturated carbocycles. The molecule has 1 saturated heterocycles. The summed E-state index contributed by atoms with van der Waals surface area (Å²) in [6.07, 6.45) is 0. The first kappa shape index (κ1) is 18.4. The highest BCUT2D eigenvalue weighted by molar-refractivity contribution is 5.87. The van der Waals surface area contributed by atoms with E-state index in [0.717, 1.165) is 46.9 Å². The second-order valence-corrected chi connectivity index (χ2v) is 6.98. The molecule has 7 nitrogen and oxygen atoms in total. The van der Waals surface area contributed by atoms with Crippen molar-refractivity contribution in [2.75, 3.05) is 38.3 Å². The molecule has 3 heterocycles. The molecule has 1 aliphatic rings. The molecule has 0 N–H and O–H groups in total. The molecule has 4 aromatic rings. The van der Waals surface area contributed by atoms with E-state index < -0.39 is 0 Å². The summed E-state index contributed by atoms with van der Waals surface area (Å²) in [4.78, 5) is 2.13. The van der Waals surface area contributed by atoms with Gasteiger partial charge in [0.25, 0.3) is 0 Å². The van der Waals surface area contributed by atoms with Crippen LogP contribution in [0.1, 0.15) is 0 Å². The van der Waals surface area contributed by atoms with E-state index in [2.05, 4.69) is 15.2 Å². The van der Waals surface area contributed by atoms with Crippen molar-refractivity contribution < 1.29 is 18.5 Å². The van der Waals surface area contributed by atoms with Crippen molar-refractivity contribution in [3.63, 3.8) is 0 Å². The largest absolute Gasteiger partial charge is 0.497 e. The van der Waals surface area contributed by atoms with Crippen LogP contribution >= 0.6 is 0 Å². The Bertz CT molecular complexity index is 1110. The second kappa shape index (κ2) is 8.04. The molecular weight excluding hydrogens is 382 g/mol. The van der Waals surface area contributed by atoms with Crippen molar-refractivity contribution in [3.05, 3.63) is 60.7 Å². The van der Waals surface area contributed by atoms with Gasteiger partial charge in [-0.3, -0.25) is 0 Å². The van der Waals surface area contributed by atoms with Gasteiger partial charge in [0.05, 0.1) is 20.3 Å². The van der Waals surface area contributed by atoms with Crippen molar-refractivity contribution in [2.24, 2.45) is 0 Å². The third-order valence-corrected chi connectivity index (χ3v) is 5.16. The molecule has 0 atom stereocenters. The maximum atomic E-state index is 5.81. The van der Waals surface area contributed by atoms with E-state index in [1.54, 1.807) is 7.11 Å². The summed E-state index contributed by atoms with van der Waals surface area (Å²) in [7, 11) is 1.65. The van der Waals surface area contributed by atoms with Crippen LogP contribution in [0.25, 0.3) is 33.8 Å². The summed E-state index contributed by atoms with van der Waals surface area (Å²) in [6.45, 7) is 2.76. The first-order valence-electron chi connectivity index (χ1n) is 9.83. The van der Waals surface area contributed by atoms with Gasteiger partial charge in [-0.15, -0.1) is 0 Å². The van der Waals surface area contributed by atoms with E-state index >= 15 is 0 Å². The van der Waals surface area contributed by atoms with Crippen LogP contribution in [0.4, 0.5) is 5.88 Å². The van der Waals surface area contributed by atoms with Gasteiger partial charge < -0.3 is 23.4 Å². The summed E-state index contributed by atoms with van der Waals surface area (Å²) < 4.78 is 22.3. The Labute approximate surface area is 173 Å². The number of methoxy groups -OCH3 is 1. The number of aromatic nitrogens is 2. The monoisotopic (exact) mass is 403 g/mol. The highest BCUT2D eigenvalue weighted by Gasteiger charge is 2.28. The minimum Gasteiger partial charge on any atom is -0.497 e. The van der Waals surface area contributed by atoms with E-state index in [4.69, 9.17) is 18.5 Å². The summed E-state index contributed by atoms with van der Waals surface area (Å²) in [5, 5.41) is 8.67. The minimum absolute atomic E-state index is 0.613. The zero-order valence-electron chi connectivity index (χ0n) is 16.6. The lowest BCUT2D eigenvalue weighted by atomic mass is 10.0. The van der Waals surface area contributed by atoms with Crippen LogP contribution in [-0.4, -0.2) is 43.7 Å². The molecule has 0 aliphatic carbocycles. The topological polar surface area (TPSA) is 73.8 Å².